The third kappa shape index (κ3) is 12.2. The van der Waals surface area contributed by atoms with Gasteiger partial charge in [-0.05, 0) is 88.3 Å². The Kier molecular flexibility index (Phi) is 12.4. The summed E-state index contributed by atoms with van der Waals surface area (Å²) in [5.41, 5.74) is 7.66. The van der Waals surface area contributed by atoms with Gasteiger partial charge in [-0.2, -0.15) is 0 Å². The lowest BCUT2D eigenvalue weighted by molar-refractivity contribution is -0.149. The Bertz CT molecular complexity index is 1170. The number of nitrogens with one attached hydrogen (secondary N) is 4. The van der Waals surface area contributed by atoms with E-state index in [-0.39, 0.29) is 31.2 Å². The Morgan fingerprint density at radius 2 is 1.63 bits per heavy atom. The Labute approximate surface area is 241 Å². The molecule has 7 N–H and O–H groups in total. The van der Waals surface area contributed by atoms with E-state index in [1.165, 1.54) is 0 Å². The highest BCUT2D eigenvalue weighted by atomic mass is 16.6. The number of alkyl carbamates (subject to hydrolysis) is 1. The van der Waals surface area contributed by atoms with Gasteiger partial charge >= 0.3 is 12.1 Å². The number of rotatable bonds is 13. The zero-order valence-corrected chi connectivity index (χ0v) is 24.5. The highest BCUT2D eigenvalue weighted by molar-refractivity contribution is 5.90. The molecule has 0 aromatic heterocycles. The fraction of sp³-hybridized carbons (Fsp3) is 0.467. The monoisotopic (exact) mass is 569 g/mol. The normalized spacial score (nSPS) is 12.5. The van der Waals surface area contributed by atoms with Crippen LogP contribution in [0, 0.1) is 19.3 Å². The number of esters is 1. The average Bonchev–Trinajstić information content (AvgIpc) is 2.86. The summed E-state index contributed by atoms with van der Waals surface area (Å²) in [6.07, 6.45) is 0.737. The minimum absolute atomic E-state index is 0.0301. The lowest BCUT2D eigenvalue weighted by atomic mass is 9.95. The fourth-order valence-corrected chi connectivity index (χ4v) is 4.21. The van der Waals surface area contributed by atoms with Crippen molar-refractivity contribution in [2.24, 2.45) is 5.73 Å². The van der Waals surface area contributed by atoms with Gasteiger partial charge in [0.25, 0.3) is 0 Å². The molecule has 2 amide bonds. The van der Waals surface area contributed by atoms with Crippen LogP contribution in [0.1, 0.15) is 62.3 Å². The number of phenolic OH excluding ortho intramolecular Hbond substituents is 1. The molecule has 2 rings (SSSR count). The van der Waals surface area contributed by atoms with Crippen molar-refractivity contribution in [3.8, 4) is 5.75 Å². The van der Waals surface area contributed by atoms with E-state index in [1.54, 1.807) is 32.9 Å². The highest BCUT2D eigenvalue weighted by Gasteiger charge is 2.30. The second kappa shape index (κ2) is 15.5. The summed E-state index contributed by atoms with van der Waals surface area (Å²) in [5.74, 6) is -1.23. The van der Waals surface area contributed by atoms with Crippen LogP contribution in [0.5, 0.6) is 5.75 Å². The van der Waals surface area contributed by atoms with Gasteiger partial charge in [0.1, 0.15) is 30.0 Å². The number of carbonyl (C=O) groups excluding carboxylic acids is 3. The van der Waals surface area contributed by atoms with E-state index in [9.17, 15) is 19.5 Å². The number of aromatic hydroxyl groups is 1. The Balaban J connectivity index is 2.24. The molecular formula is C30H43N5O6. The van der Waals surface area contributed by atoms with Gasteiger partial charge in [0.05, 0.1) is 0 Å². The molecule has 0 aliphatic carbocycles. The molecule has 11 heteroatoms. The van der Waals surface area contributed by atoms with Crippen molar-refractivity contribution in [1.29, 1.82) is 5.41 Å². The molecule has 0 spiro atoms. The molecular weight excluding hydrogens is 526 g/mol. The van der Waals surface area contributed by atoms with Crippen molar-refractivity contribution in [3.63, 3.8) is 0 Å². The van der Waals surface area contributed by atoms with Crippen molar-refractivity contribution in [2.45, 2.75) is 84.6 Å². The van der Waals surface area contributed by atoms with Crippen LogP contribution >= 0.6 is 0 Å². The number of aryl methyl sites for hydroxylation is 2. The molecule has 2 atom stereocenters. The lowest BCUT2D eigenvalue weighted by Gasteiger charge is -2.25. The first-order chi connectivity index (χ1) is 19.2. The van der Waals surface area contributed by atoms with E-state index in [0.717, 1.165) is 22.3 Å². The fourth-order valence-electron chi connectivity index (χ4n) is 4.21. The molecule has 0 aliphatic heterocycles. The van der Waals surface area contributed by atoms with Crippen LogP contribution in [-0.2, 0) is 32.1 Å². The molecule has 11 nitrogen and oxygen atoms in total. The SMILES string of the molecule is Cc1cc(O)cc(C)c1C[C@H](NC(=O)[C@H](CCCCNC(=N)N)NC(=O)OC(C)(C)C)C(=O)OCc1ccccc1. The van der Waals surface area contributed by atoms with Crippen LogP contribution in [0.25, 0.3) is 0 Å². The third-order valence-electron chi connectivity index (χ3n) is 6.16. The summed E-state index contributed by atoms with van der Waals surface area (Å²) >= 11 is 0. The van der Waals surface area contributed by atoms with Crippen molar-refractivity contribution >= 4 is 23.9 Å². The summed E-state index contributed by atoms with van der Waals surface area (Å²) < 4.78 is 10.9. The molecule has 2 aromatic rings. The predicted molar refractivity (Wildman–Crippen MR) is 156 cm³/mol. The quantitative estimate of drug-likeness (QED) is 0.0921. The number of hydrogen-bond acceptors (Lipinski definition) is 7. The van der Waals surface area contributed by atoms with E-state index in [4.69, 9.17) is 20.6 Å². The molecule has 0 radical (unpaired) electrons. The van der Waals surface area contributed by atoms with Crippen LogP contribution in [0.3, 0.4) is 0 Å². The number of hydrogen-bond donors (Lipinski definition) is 6. The molecule has 41 heavy (non-hydrogen) atoms. The summed E-state index contributed by atoms with van der Waals surface area (Å²) in [4.78, 5) is 39.4. The molecule has 0 heterocycles. The van der Waals surface area contributed by atoms with Crippen LogP contribution < -0.4 is 21.7 Å². The van der Waals surface area contributed by atoms with E-state index < -0.39 is 35.7 Å². The van der Waals surface area contributed by atoms with Crippen molar-refractivity contribution in [2.75, 3.05) is 6.54 Å². The van der Waals surface area contributed by atoms with E-state index in [0.29, 0.717) is 19.4 Å². The zero-order valence-electron chi connectivity index (χ0n) is 24.5. The largest absolute Gasteiger partial charge is 0.508 e. The second-order valence-electron chi connectivity index (χ2n) is 11.0. The van der Waals surface area contributed by atoms with E-state index >= 15 is 0 Å². The van der Waals surface area contributed by atoms with Gasteiger partial charge in [0.2, 0.25) is 5.91 Å². The minimum atomic E-state index is -1.06. The molecule has 0 bridgehead atoms. The molecule has 0 saturated heterocycles. The number of amides is 2. The van der Waals surface area contributed by atoms with Crippen LogP contribution in [0.4, 0.5) is 4.79 Å². The average molecular weight is 570 g/mol. The molecule has 0 aliphatic rings. The van der Waals surface area contributed by atoms with Crippen molar-refractivity contribution in [3.05, 3.63) is 64.7 Å². The van der Waals surface area contributed by atoms with Crippen molar-refractivity contribution in [1.82, 2.24) is 16.0 Å². The van der Waals surface area contributed by atoms with Gasteiger partial charge in [0.15, 0.2) is 5.96 Å². The molecule has 0 fully saturated rings. The van der Waals surface area contributed by atoms with Gasteiger partial charge in [0, 0.05) is 13.0 Å². The molecule has 0 saturated carbocycles. The van der Waals surface area contributed by atoms with Gasteiger partial charge in [-0.3, -0.25) is 10.2 Å². The van der Waals surface area contributed by atoms with Gasteiger partial charge in [-0.25, -0.2) is 9.59 Å². The highest BCUT2D eigenvalue weighted by Crippen LogP contribution is 2.22. The lowest BCUT2D eigenvalue weighted by Crippen LogP contribution is -2.53. The van der Waals surface area contributed by atoms with E-state index in [1.807, 2.05) is 44.2 Å². The summed E-state index contributed by atoms with van der Waals surface area (Å²) in [7, 11) is 0. The number of carbonyl (C=O) groups is 3. The maximum absolute atomic E-state index is 13.5. The summed E-state index contributed by atoms with van der Waals surface area (Å²) in [6.45, 7) is 9.26. The van der Waals surface area contributed by atoms with Crippen LogP contribution in [0.15, 0.2) is 42.5 Å². The Morgan fingerprint density at radius 1 is 1.00 bits per heavy atom. The molecule has 2 aromatic carbocycles. The van der Waals surface area contributed by atoms with Gasteiger partial charge in [-0.1, -0.05) is 30.3 Å². The zero-order chi connectivity index (χ0) is 30.6. The van der Waals surface area contributed by atoms with Crippen LogP contribution in [0.2, 0.25) is 0 Å². The third-order valence-corrected chi connectivity index (χ3v) is 6.16. The molecule has 224 valence electrons. The number of unbranched alkanes of at least 4 members (excludes halogenated alkanes) is 1. The second-order valence-corrected chi connectivity index (χ2v) is 11.0. The smallest absolute Gasteiger partial charge is 0.408 e. The van der Waals surface area contributed by atoms with Gasteiger partial charge in [-0.15, -0.1) is 0 Å². The maximum atomic E-state index is 13.5. The number of phenols is 1. The molecule has 0 unspecified atom stereocenters. The van der Waals surface area contributed by atoms with Crippen LogP contribution in [-0.4, -0.2) is 53.3 Å². The summed E-state index contributed by atoms with van der Waals surface area (Å²) in [5, 5.41) is 25.4. The number of guanidine groups is 1. The van der Waals surface area contributed by atoms with Gasteiger partial charge < -0.3 is 36.3 Å². The first kappa shape index (κ1) is 32.9. The maximum Gasteiger partial charge on any atom is 0.408 e. The predicted octanol–water partition coefficient (Wildman–Crippen LogP) is 3.33. The Morgan fingerprint density at radius 3 is 2.22 bits per heavy atom. The van der Waals surface area contributed by atoms with E-state index in [2.05, 4.69) is 16.0 Å². The standard InChI is InChI=1S/C30H43N5O6/c1-19-15-22(36)16-20(2)23(19)17-25(27(38)40-18-21-11-7-6-8-12-21)34-26(37)24(13-9-10-14-33-28(31)32)35-29(39)41-30(3,4)5/h6-8,11-12,15-16,24-25,36H,9-10,13-14,17-18H2,1-5H3,(H,34,37)(H,35,39)(H4,31,32,33)/t24-,25-/m0/s1. The number of ether oxygens (including phenoxy) is 2. The minimum Gasteiger partial charge on any atom is -0.508 e. The number of benzene rings is 2. The topological polar surface area (TPSA) is 176 Å². The first-order valence-corrected chi connectivity index (χ1v) is 13.6. The summed E-state index contributed by atoms with van der Waals surface area (Å²) in [6, 6.07) is 10.3. The van der Waals surface area contributed by atoms with Crippen molar-refractivity contribution < 1.29 is 29.0 Å². The first-order valence-electron chi connectivity index (χ1n) is 13.6. The Hall–Kier alpha value is -4.28. The number of nitrogens with two attached hydrogens (primary N) is 1.